The molecule has 2 aliphatic rings. The highest BCUT2D eigenvalue weighted by molar-refractivity contribution is 5.82. The fraction of sp³-hybridized carbons (Fsp3) is 0.931. The second-order valence-electron chi connectivity index (χ2n) is 14.6. The van der Waals surface area contributed by atoms with Gasteiger partial charge in [0, 0.05) is 53.4 Å². The van der Waals surface area contributed by atoms with Crippen molar-refractivity contribution in [1.29, 1.82) is 0 Å². The molecule has 0 aromatic rings. The predicted octanol–water partition coefficient (Wildman–Crippen LogP) is 5.49. The van der Waals surface area contributed by atoms with Crippen LogP contribution in [0, 0.1) is 0 Å². The summed E-state index contributed by atoms with van der Waals surface area (Å²) in [6.45, 7) is 25.1. The topological polar surface area (TPSA) is 70.1 Å². The molecule has 0 saturated carbocycles. The molecule has 0 aliphatic carbocycles. The highest BCUT2D eigenvalue weighted by atomic mass is 16.5. The fourth-order valence-corrected chi connectivity index (χ4v) is 8.00. The molecule has 0 unspecified atom stereocenters. The van der Waals surface area contributed by atoms with Gasteiger partial charge in [0.2, 0.25) is 0 Å². The number of ketones is 1. The Labute approximate surface area is 215 Å². The number of hydrogen-bond donors (Lipinski definition) is 1. The van der Waals surface area contributed by atoms with Crippen LogP contribution in [0.25, 0.3) is 0 Å². The fourth-order valence-electron chi connectivity index (χ4n) is 8.00. The standard InChI is InChI=1S/C29H54N2O4/c1-25(2,3)31-28(8,9)19-23(20-29(31,10)11)35-24(34)15-14-21(32)13-12-16-30-26(4,5)17-22(33)18-27(30,6)7/h22-23,33H,12-20H2,1-11H3. The molecule has 0 amide bonds. The van der Waals surface area contributed by atoms with Crippen LogP contribution in [0.4, 0.5) is 0 Å². The summed E-state index contributed by atoms with van der Waals surface area (Å²) in [5.41, 5.74) is -0.358. The van der Waals surface area contributed by atoms with Crippen LogP contribution in [0.5, 0.6) is 0 Å². The molecule has 6 heteroatoms. The molecular weight excluding hydrogens is 440 g/mol. The van der Waals surface area contributed by atoms with E-state index in [0.29, 0.717) is 6.42 Å². The number of ether oxygens (including phenoxy) is 1. The smallest absolute Gasteiger partial charge is 0.306 e. The molecule has 2 aliphatic heterocycles. The number of rotatable bonds is 8. The van der Waals surface area contributed by atoms with Crippen LogP contribution in [0.3, 0.4) is 0 Å². The highest BCUT2D eigenvalue weighted by Crippen LogP contribution is 2.44. The first-order chi connectivity index (χ1) is 15.7. The van der Waals surface area contributed by atoms with Gasteiger partial charge in [-0.3, -0.25) is 19.4 Å². The van der Waals surface area contributed by atoms with Gasteiger partial charge in [-0.2, -0.15) is 0 Å². The summed E-state index contributed by atoms with van der Waals surface area (Å²) >= 11 is 0. The second-order valence-corrected chi connectivity index (χ2v) is 14.6. The molecule has 0 spiro atoms. The van der Waals surface area contributed by atoms with Crippen molar-refractivity contribution >= 4 is 11.8 Å². The molecular formula is C29H54N2O4. The first-order valence-corrected chi connectivity index (χ1v) is 13.6. The number of Topliss-reactive ketones (excluding diaryl/α,β-unsaturated/α-hetero) is 1. The van der Waals surface area contributed by atoms with E-state index >= 15 is 0 Å². The zero-order valence-corrected chi connectivity index (χ0v) is 24.6. The van der Waals surface area contributed by atoms with Gasteiger partial charge in [-0.05, 0) is 102 Å². The Morgan fingerprint density at radius 2 is 1.29 bits per heavy atom. The summed E-state index contributed by atoms with van der Waals surface area (Å²) in [5.74, 6) is -0.135. The van der Waals surface area contributed by atoms with Crippen molar-refractivity contribution in [3.05, 3.63) is 0 Å². The van der Waals surface area contributed by atoms with Crippen LogP contribution >= 0.6 is 0 Å². The Morgan fingerprint density at radius 1 is 0.800 bits per heavy atom. The van der Waals surface area contributed by atoms with Gasteiger partial charge in [0.25, 0.3) is 0 Å². The van der Waals surface area contributed by atoms with Crippen molar-refractivity contribution in [2.75, 3.05) is 6.54 Å². The van der Waals surface area contributed by atoms with Crippen molar-refractivity contribution in [1.82, 2.24) is 9.80 Å². The van der Waals surface area contributed by atoms with Crippen LogP contribution in [0.1, 0.15) is 128 Å². The maximum Gasteiger partial charge on any atom is 0.306 e. The van der Waals surface area contributed by atoms with E-state index < -0.39 is 0 Å². The molecule has 0 aromatic heterocycles. The summed E-state index contributed by atoms with van der Waals surface area (Å²) in [4.78, 5) is 30.1. The lowest BCUT2D eigenvalue weighted by Gasteiger charge is -2.60. The van der Waals surface area contributed by atoms with Gasteiger partial charge in [0.15, 0.2) is 0 Å². The molecule has 2 rings (SSSR count). The lowest BCUT2D eigenvalue weighted by Crippen LogP contribution is -2.68. The number of aliphatic hydroxyl groups is 1. The summed E-state index contributed by atoms with van der Waals surface area (Å²) in [7, 11) is 0. The Hall–Kier alpha value is -0.980. The largest absolute Gasteiger partial charge is 0.462 e. The number of carbonyl (C=O) groups is 2. The Kier molecular flexibility index (Phi) is 9.00. The number of piperidine rings is 2. The lowest BCUT2D eigenvalue weighted by atomic mass is 9.74. The lowest BCUT2D eigenvalue weighted by molar-refractivity contribution is -0.168. The molecule has 0 atom stereocenters. The zero-order chi connectivity index (χ0) is 27.0. The van der Waals surface area contributed by atoms with Crippen molar-refractivity contribution in [3.63, 3.8) is 0 Å². The van der Waals surface area contributed by atoms with Crippen molar-refractivity contribution < 1.29 is 19.4 Å². The Bertz CT molecular complexity index is 727. The van der Waals surface area contributed by atoms with Gasteiger partial charge in [-0.1, -0.05) is 0 Å². The van der Waals surface area contributed by atoms with Crippen LogP contribution in [-0.4, -0.2) is 73.1 Å². The maximum absolute atomic E-state index is 12.6. The molecule has 0 bridgehead atoms. The quantitative estimate of drug-likeness (QED) is 0.450. The van der Waals surface area contributed by atoms with Crippen LogP contribution in [0.15, 0.2) is 0 Å². The number of carbonyl (C=O) groups excluding carboxylic acids is 2. The minimum atomic E-state index is -0.277. The van der Waals surface area contributed by atoms with E-state index in [2.05, 4.69) is 86.0 Å². The van der Waals surface area contributed by atoms with Gasteiger partial charge in [-0.25, -0.2) is 0 Å². The van der Waals surface area contributed by atoms with Crippen LogP contribution in [-0.2, 0) is 14.3 Å². The van der Waals surface area contributed by atoms with Gasteiger partial charge in [0.1, 0.15) is 11.9 Å². The number of likely N-dealkylation sites (tertiary alicyclic amines) is 2. The third-order valence-corrected chi connectivity index (χ3v) is 8.01. The van der Waals surface area contributed by atoms with Crippen LogP contribution in [0.2, 0.25) is 0 Å². The number of aliphatic hydroxyl groups excluding tert-OH is 1. The van der Waals surface area contributed by atoms with Crippen LogP contribution < -0.4 is 0 Å². The number of hydrogen-bond acceptors (Lipinski definition) is 6. The van der Waals surface area contributed by atoms with E-state index in [0.717, 1.165) is 38.6 Å². The molecule has 35 heavy (non-hydrogen) atoms. The van der Waals surface area contributed by atoms with E-state index in [1.165, 1.54) is 0 Å². The van der Waals surface area contributed by atoms with E-state index in [9.17, 15) is 14.7 Å². The minimum absolute atomic E-state index is 0.0207. The number of nitrogens with zero attached hydrogens (tertiary/aromatic N) is 2. The molecule has 0 radical (unpaired) electrons. The normalized spacial score (nSPS) is 25.4. The molecule has 1 N–H and O–H groups in total. The monoisotopic (exact) mass is 494 g/mol. The van der Waals surface area contributed by atoms with Gasteiger partial charge >= 0.3 is 5.97 Å². The first-order valence-electron chi connectivity index (χ1n) is 13.6. The summed E-state index contributed by atoms with van der Waals surface area (Å²) in [6, 6.07) is 0. The summed E-state index contributed by atoms with van der Waals surface area (Å²) in [5, 5.41) is 10.2. The van der Waals surface area contributed by atoms with Gasteiger partial charge < -0.3 is 9.84 Å². The first kappa shape index (κ1) is 30.2. The maximum atomic E-state index is 12.6. The zero-order valence-electron chi connectivity index (χ0n) is 24.6. The van der Waals surface area contributed by atoms with Crippen molar-refractivity contribution in [2.24, 2.45) is 0 Å². The SMILES string of the molecule is CC(C)(C)N1C(C)(C)CC(OC(=O)CCC(=O)CCCN2C(C)(C)CC(O)CC2(C)C)CC1(C)C. The molecule has 2 fully saturated rings. The molecule has 0 aromatic carbocycles. The summed E-state index contributed by atoms with van der Waals surface area (Å²) in [6.07, 6.45) is 4.34. The van der Waals surface area contributed by atoms with E-state index in [1.807, 2.05) is 0 Å². The average molecular weight is 495 g/mol. The third-order valence-electron chi connectivity index (χ3n) is 8.01. The van der Waals surface area contributed by atoms with E-state index in [4.69, 9.17) is 4.74 Å². The second kappa shape index (κ2) is 10.4. The molecule has 6 nitrogen and oxygen atoms in total. The van der Waals surface area contributed by atoms with Gasteiger partial charge in [-0.15, -0.1) is 0 Å². The minimum Gasteiger partial charge on any atom is -0.462 e. The Balaban J connectivity index is 1.81. The van der Waals surface area contributed by atoms with Crippen molar-refractivity contribution in [2.45, 2.75) is 167 Å². The number of esters is 1. The van der Waals surface area contributed by atoms with Gasteiger partial charge in [0.05, 0.1) is 12.5 Å². The third kappa shape index (κ3) is 7.75. The molecule has 204 valence electrons. The van der Waals surface area contributed by atoms with E-state index in [-0.39, 0.29) is 64.5 Å². The average Bonchev–Trinajstić information content (AvgIpc) is 2.57. The summed E-state index contributed by atoms with van der Waals surface area (Å²) < 4.78 is 5.89. The highest BCUT2D eigenvalue weighted by Gasteiger charge is 2.50. The molecule has 2 saturated heterocycles. The van der Waals surface area contributed by atoms with Crippen molar-refractivity contribution in [3.8, 4) is 0 Å². The molecule has 2 heterocycles. The Morgan fingerprint density at radius 3 is 1.74 bits per heavy atom. The van der Waals surface area contributed by atoms with E-state index in [1.54, 1.807) is 0 Å². The predicted molar refractivity (Wildman–Crippen MR) is 142 cm³/mol.